The predicted molar refractivity (Wildman–Crippen MR) is 159 cm³/mol. The summed E-state index contributed by atoms with van der Waals surface area (Å²) in [6.07, 6.45) is -2.00. The predicted octanol–water partition coefficient (Wildman–Crippen LogP) is 7.95. The zero-order chi connectivity index (χ0) is 29.9. The van der Waals surface area contributed by atoms with E-state index in [2.05, 4.69) is 10.3 Å². The molecule has 1 aliphatic heterocycles. The minimum Gasteiger partial charge on any atom is -0.473 e. The van der Waals surface area contributed by atoms with Gasteiger partial charge in [0.05, 0.1) is 5.56 Å². The molecule has 1 aliphatic carbocycles. The lowest BCUT2D eigenvalue weighted by atomic mass is 9.62. The van der Waals surface area contributed by atoms with Gasteiger partial charge >= 0.3 is 6.18 Å². The number of hydrogen-bond acceptors (Lipinski definition) is 6. The monoisotopic (exact) mass is 587 g/mol. The second kappa shape index (κ2) is 12.0. The number of benzene rings is 3. The van der Waals surface area contributed by atoms with Crippen molar-refractivity contribution in [2.24, 2.45) is 5.41 Å². The molecule has 6 nitrogen and oxygen atoms in total. The van der Waals surface area contributed by atoms with Crippen molar-refractivity contribution in [3.63, 3.8) is 0 Å². The summed E-state index contributed by atoms with van der Waals surface area (Å²) in [6, 6.07) is 26.9. The van der Waals surface area contributed by atoms with E-state index in [0.29, 0.717) is 44.1 Å². The molecule has 4 aromatic rings. The van der Waals surface area contributed by atoms with Gasteiger partial charge in [-0.3, -0.25) is 4.79 Å². The van der Waals surface area contributed by atoms with Crippen LogP contribution in [0.25, 0.3) is 0 Å². The van der Waals surface area contributed by atoms with Crippen LogP contribution in [-0.4, -0.2) is 23.9 Å². The molecule has 0 amide bonds. The first-order valence-corrected chi connectivity index (χ1v) is 14.4. The quantitative estimate of drug-likeness (QED) is 0.214. The first-order chi connectivity index (χ1) is 20.8. The average Bonchev–Trinajstić information content (AvgIpc) is 3.00. The molecule has 2 heterocycles. The maximum atomic E-state index is 14.3. The maximum Gasteiger partial charge on any atom is 0.418 e. The van der Waals surface area contributed by atoms with Crippen molar-refractivity contribution in [3.8, 4) is 11.8 Å². The number of piperidine rings is 1. The molecule has 0 radical (unpaired) electrons. The first-order valence-electron chi connectivity index (χ1n) is 14.4. The Kier molecular flexibility index (Phi) is 7.97. The summed E-state index contributed by atoms with van der Waals surface area (Å²) in [5, 5.41) is 3.09. The molecule has 2 fully saturated rings. The van der Waals surface area contributed by atoms with Crippen molar-refractivity contribution in [1.82, 2.24) is 4.98 Å². The zero-order valence-electron chi connectivity index (χ0n) is 23.6. The SMILES string of the molecule is O=C1CC2(CCN(c3ccc(Nc4ccc(OCc5ccccc5)nc4OCc4ccccc4)cc3C(F)(F)F)CC2)C1. The Morgan fingerprint density at radius 3 is 2.05 bits per heavy atom. The van der Waals surface area contributed by atoms with E-state index in [1.165, 1.54) is 6.07 Å². The topological polar surface area (TPSA) is 63.7 Å². The molecule has 1 spiro atoms. The standard InChI is InChI=1S/C34H32F3N3O3/c35-34(36,37)28-19-26(11-13-30(28)40-17-15-33(16-18-40)20-27(41)21-33)38-29-12-14-31(42-22-24-7-3-1-4-8-24)39-32(29)43-23-25-9-5-2-6-10-25/h1-14,19,38H,15-18,20-23H2. The summed E-state index contributed by atoms with van der Waals surface area (Å²) in [5.41, 5.74) is 2.00. The summed E-state index contributed by atoms with van der Waals surface area (Å²) >= 11 is 0. The highest BCUT2D eigenvalue weighted by Gasteiger charge is 2.46. The number of alkyl halides is 3. The van der Waals surface area contributed by atoms with Crippen LogP contribution >= 0.6 is 0 Å². The van der Waals surface area contributed by atoms with Crippen LogP contribution in [-0.2, 0) is 24.2 Å². The molecule has 1 aromatic heterocycles. The van der Waals surface area contributed by atoms with E-state index >= 15 is 0 Å². The number of anilines is 3. The molecule has 3 aromatic carbocycles. The van der Waals surface area contributed by atoms with Crippen molar-refractivity contribution in [2.75, 3.05) is 23.3 Å². The van der Waals surface area contributed by atoms with Crippen LogP contribution < -0.4 is 19.7 Å². The van der Waals surface area contributed by atoms with Gasteiger partial charge in [0.2, 0.25) is 11.8 Å². The van der Waals surface area contributed by atoms with Gasteiger partial charge in [0.1, 0.15) is 24.7 Å². The van der Waals surface area contributed by atoms with Crippen LogP contribution in [0.5, 0.6) is 11.8 Å². The Morgan fingerprint density at radius 1 is 0.814 bits per heavy atom. The lowest BCUT2D eigenvalue weighted by Gasteiger charge is -2.47. The Morgan fingerprint density at radius 2 is 1.44 bits per heavy atom. The largest absolute Gasteiger partial charge is 0.473 e. The van der Waals surface area contributed by atoms with Gasteiger partial charge in [0.25, 0.3) is 0 Å². The number of carbonyl (C=O) groups excluding carboxylic acids is 1. The number of ether oxygens (including phenoxy) is 2. The summed E-state index contributed by atoms with van der Waals surface area (Å²) in [7, 11) is 0. The van der Waals surface area contributed by atoms with Crippen molar-refractivity contribution >= 4 is 22.8 Å². The molecule has 222 valence electrons. The fourth-order valence-corrected chi connectivity index (χ4v) is 5.80. The lowest BCUT2D eigenvalue weighted by molar-refractivity contribution is -0.137. The number of ketones is 1. The third kappa shape index (κ3) is 6.77. The molecule has 0 atom stereocenters. The Labute approximate surface area is 248 Å². The molecule has 1 saturated heterocycles. The number of nitrogens with one attached hydrogen (secondary N) is 1. The second-order valence-corrected chi connectivity index (χ2v) is 11.3. The van der Waals surface area contributed by atoms with Gasteiger partial charge in [0, 0.05) is 43.4 Å². The van der Waals surface area contributed by atoms with Crippen LogP contribution in [0.4, 0.5) is 30.2 Å². The van der Waals surface area contributed by atoms with E-state index in [-0.39, 0.29) is 35.1 Å². The molecule has 1 saturated carbocycles. The van der Waals surface area contributed by atoms with E-state index in [1.54, 1.807) is 23.1 Å². The summed E-state index contributed by atoms with van der Waals surface area (Å²) in [5.74, 6) is 0.792. The molecule has 1 N–H and O–H groups in total. The van der Waals surface area contributed by atoms with Crippen LogP contribution in [0.3, 0.4) is 0 Å². The molecular weight excluding hydrogens is 555 g/mol. The van der Waals surface area contributed by atoms with E-state index in [4.69, 9.17) is 9.47 Å². The second-order valence-electron chi connectivity index (χ2n) is 11.3. The first kappa shape index (κ1) is 28.6. The van der Waals surface area contributed by atoms with E-state index in [0.717, 1.165) is 30.0 Å². The summed E-state index contributed by atoms with van der Waals surface area (Å²) in [6.45, 7) is 1.52. The van der Waals surface area contributed by atoms with Crippen molar-refractivity contribution in [2.45, 2.75) is 45.1 Å². The minimum atomic E-state index is -4.55. The van der Waals surface area contributed by atoms with E-state index in [1.807, 2.05) is 60.7 Å². The lowest BCUT2D eigenvalue weighted by Crippen LogP contribution is -2.47. The number of halogens is 3. The maximum absolute atomic E-state index is 14.3. The number of Topliss-reactive ketones (excluding diaryl/α,β-unsaturated/α-hetero) is 1. The molecule has 2 aliphatic rings. The van der Waals surface area contributed by atoms with E-state index < -0.39 is 11.7 Å². The smallest absolute Gasteiger partial charge is 0.418 e. The highest BCUT2D eigenvalue weighted by molar-refractivity contribution is 5.86. The van der Waals surface area contributed by atoms with Gasteiger partial charge in [-0.05, 0) is 53.6 Å². The van der Waals surface area contributed by atoms with Crippen molar-refractivity contribution in [3.05, 3.63) is 108 Å². The summed E-state index contributed by atoms with van der Waals surface area (Å²) in [4.78, 5) is 17.9. The normalized spacial score (nSPS) is 16.1. The Hall–Kier alpha value is -4.53. The van der Waals surface area contributed by atoms with Gasteiger partial charge in [0.15, 0.2) is 0 Å². The number of pyridine rings is 1. The van der Waals surface area contributed by atoms with Gasteiger partial charge in [-0.15, -0.1) is 0 Å². The van der Waals surface area contributed by atoms with Crippen LogP contribution in [0.2, 0.25) is 0 Å². The third-order valence-corrected chi connectivity index (χ3v) is 8.17. The number of rotatable bonds is 9. The summed E-state index contributed by atoms with van der Waals surface area (Å²) < 4.78 is 54.9. The molecule has 0 unspecified atom stereocenters. The van der Waals surface area contributed by atoms with Gasteiger partial charge in [-0.2, -0.15) is 18.2 Å². The number of carbonyl (C=O) groups is 1. The molecule has 6 rings (SSSR count). The Balaban J connectivity index is 1.23. The fraction of sp³-hybridized carbons (Fsp3) is 0.294. The molecular formula is C34H32F3N3O3. The van der Waals surface area contributed by atoms with Crippen molar-refractivity contribution < 1.29 is 27.4 Å². The van der Waals surface area contributed by atoms with Gasteiger partial charge in [-0.1, -0.05) is 60.7 Å². The van der Waals surface area contributed by atoms with Crippen LogP contribution in [0, 0.1) is 5.41 Å². The molecule has 43 heavy (non-hydrogen) atoms. The van der Waals surface area contributed by atoms with Gasteiger partial charge < -0.3 is 19.7 Å². The highest BCUT2D eigenvalue weighted by Crippen LogP contribution is 2.48. The molecule has 9 heteroatoms. The number of aromatic nitrogens is 1. The highest BCUT2D eigenvalue weighted by atomic mass is 19.4. The van der Waals surface area contributed by atoms with E-state index in [9.17, 15) is 18.0 Å². The molecule has 0 bridgehead atoms. The zero-order valence-corrected chi connectivity index (χ0v) is 23.6. The van der Waals surface area contributed by atoms with Crippen LogP contribution in [0.1, 0.15) is 42.4 Å². The number of hydrogen-bond donors (Lipinski definition) is 1. The average molecular weight is 588 g/mol. The van der Waals surface area contributed by atoms with Crippen molar-refractivity contribution in [1.29, 1.82) is 0 Å². The van der Waals surface area contributed by atoms with Crippen LogP contribution in [0.15, 0.2) is 91.0 Å². The van der Waals surface area contributed by atoms with Gasteiger partial charge in [-0.25, -0.2) is 0 Å². The Bertz CT molecular complexity index is 1560. The number of nitrogens with zero attached hydrogens (tertiary/aromatic N) is 2. The third-order valence-electron chi connectivity index (χ3n) is 8.17. The minimum absolute atomic E-state index is 0.0202. The fourth-order valence-electron chi connectivity index (χ4n) is 5.80.